The summed E-state index contributed by atoms with van der Waals surface area (Å²) in [5, 5.41) is 8.61. The summed E-state index contributed by atoms with van der Waals surface area (Å²) in [6, 6.07) is 1.10. The predicted molar refractivity (Wildman–Crippen MR) is 69.3 cm³/mol. The lowest BCUT2D eigenvalue weighted by Gasteiger charge is -2.17. The number of hydrogen-bond acceptors (Lipinski definition) is 4. The van der Waals surface area contributed by atoms with E-state index in [1.54, 1.807) is 0 Å². The van der Waals surface area contributed by atoms with Crippen molar-refractivity contribution in [3.8, 4) is 11.8 Å². The number of hydrogen-bond donors (Lipinski definition) is 2. The van der Waals surface area contributed by atoms with E-state index >= 15 is 0 Å². The minimum absolute atomic E-state index is 0.384. The van der Waals surface area contributed by atoms with Gasteiger partial charge < -0.3 is 10.8 Å². The Labute approximate surface area is 120 Å². The Bertz CT molecular complexity index is 723. The second kappa shape index (κ2) is 6.62. The Kier molecular flexibility index (Phi) is 5.37. The largest absolute Gasteiger partial charge is 0.384 e. The van der Waals surface area contributed by atoms with Gasteiger partial charge in [-0.1, -0.05) is 11.8 Å². The third kappa shape index (κ3) is 3.98. The first-order valence-corrected chi connectivity index (χ1v) is 6.97. The lowest BCUT2D eigenvalue weighted by atomic mass is 10.2. The van der Waals surface area contributed by atoms with Crippen molar-refractivity contribution in [1.29, 1.82) is 0 Å². The lowest BCUT2D eigenvalue weighted by Crippen LogP contribution is -2.36. The van der Waals surface area contributed by atoms with E-state index in [0.717, 1.165) is 13.1 Å². The average Bonchev–Trinajstić information content (AvgIpc) is 2.34. The number of aliphatic hydroxyl groups is 1. The molecular formula is C12H12F2N2O4S. The van der Waals surface area contributed by atoms with Gasteiger partial charge in [-0.3, -0.25) is 4.79 Å². The maximum Gasteiger partial charge on any atom is 0.247 e. The molecule has 1 amide bonds. The summed E-state index contributed by atoms with van der Waals surface area (Å²) in [7, 11) is -3.42. The Hall–Kier alpha value is -2.02. The molecule has 0 heterocycles. The Morgan fingerprint density at radius 3 is 2.57 bits per heavy atom. The molecule has 3 N–H and O–H groups in total. The van der Waals surface area contributed by atoms with E-state index in [0.29, 0.717) is 10.4 Å². The van der Waals surface area contributed by atoms with Gasteiger partial charge in [0.2, 0.25) is 15.9 Å². The minimum atomic E-state index is -4.44. The van der Waals surface area contributed by atoms with Crippen molar-refractivity contribution in [2.45, 2.75) is 4.90 Å². The van der Waals surface area contributed by atoms with E-state index in [4.69, 9.17) is 10.8 Å². The highest BCUT2D eigenvalue weighted by atomic mass is 32.2. The molecule has 0 fully saturated rings. The molecule has 0 aromatic heterocycles. The summed E-state index contributed by atoms with van der Waals surface area (Å²) in [6.07, 6.45) is 0. The van der Waals surface area contributed by atoms with Gasteiger partial charge >= 0.3 is 0 Å². The zero-order valence-corrected chi connectivity index (χ0v) is 11.7. The molecule has 0 saturated heterocycles. The molecule has 0 saturated carbocycles. The van der Waals surface area contributed by atoms with E-state index in [1.165, 1.54) is 0 Å². The van der Waals surface area contributed by atoms with Crippen molar-refractivity contribution < 1.29 is 27.1 Å². The number of nitrogens with zero attached hydrogens (tertiary/aromatic N) is 1. The highest BCUT2D eigenvalue weighted by Crippen LogP contribution is 2.23. The van der Waals surface area contributed by atoms with Crippen LogP contribution in [0.15, 0.2) is 17.0 Å². The summed E-state index contributed by atoms with van der Waals surface area (Å²) in [6.45, 7) is -1.29. The molecular weight excluding hydrogens is 306 g/mol. The first-order chi connectivity index (χ1) is 9.70. The third-order valence-corrected chi connectivity index (χ3v) is 4.24. The number of benzene rings is 1. The van der Waals surface area contributed by atoms with Gasteiger partial charge in [-0.15, -0.1) is 0 Å². The van der Waals surface area contributed by atoms with Gasteiger partial charge in [0, 0.05) is 13.1 Å². The average molecular weight is 318 g/mol. The monoisotopic (exact) mass is 318 g/mol. The normalized spacial score (nSPS) is 11.1. The van der Waals surface area contributed by atoms with Crippen LogP contribution in [0.25, 0.3) is 0 Å². The van der Waals surface area contributed by atoms with Gasteiger partial charge in [-0.2, -0.15) is 4.31 Å². The molecule has 21 heavy (non-hydrogen) atoms. The fourth-order valence-corrected chi connectivity index (χ4v) is 2.81. The molecule has 0 aliphatic carbocycles. The zero-order valence-electron chi connectivity index (χ0n) is 10.9. The van der Waals surface area contributed by atoms with Gasteiger partial charge in [-0.25, -0.2) is 17.2 Å². The van der Waals surface area contributed by atoms with E-state index in [-0.39, 0.29) is 0 Å². The highest BCUT2D eigenvalue weighted by Gasteiger charge is 2.29. The van der Waals surface area contributed by atoms with E-state index < -0.39 is 51.2 Å². The number of halogens is 2. The van der Waals surface area contributed by atoms with Crippen LogP contribution >= 0.6 is 0 Å². The highest BCUT2D eigenvalue weighted by molar-refractivity contribution is 7.89. The molecule has 0 aliphatic heterocycles. The number of carbonyl (C=O) groups excluding carboxylic acids is 1. The Balaban J connectivity index is 3.50. The van der Waals surface area contributed by atoms with Gasteiger partial charge in [0.25, 0.3) is 0 Å². The van der Waals surface area contributed by atoms with Gasteiger partial charge in [0.05, 0.1) is 12.1 Å². The number of aliphatic hydroxyl groups excluding tert-OH is 1. The van der Waals surface area contributed by atoms with Crippen LogP contribution in [-0.2, 0) is 14.8 Å². The van der Waals surface area contributed by atoms with Crippen molar-refractivity contribution in [1.82, 2.24) is 4.31 Å². The molecule has 0 bridgehead atoms. The van der Waals surface area contributed by atoms with Crippen LogP contribution in [0.4, 0.5) is 8.78 Å². The number of sulfonamides is 1. The molecule has 1 rings (SSSR count). The quantitative estimate of drug-likeness (QED) is 0.725. The van der Waals surface area contributed by atoms with Crippen molar-refractivity contribution in [2.24, 2.45) is 5.73 Å². The van der Waals surface area contributed by atoms with Gasteiger partial charge in [0.1, 0.15) is 23.1 Å². The molecule has 0 aliphatic rings. The summed E-state index contributed by atoms with van der Waals surface area (Å²) in [5.41, 5.74) is 4.43. The van der Waals surface area contributed by atoms with Gasteiger partial charge in [0.15, 0.2) is 0 Å². The summed E-state index contributed by atoms with van der Waals surface area (Å²) < 4.78 is 52.0. The van der Waals surface area contributed by atoms with Crippen LogP contribution in [0.3, 0.4) is 0 Å². The smallest absolute Gasteiger partial charge is 0.247 e. The standard InChI is InChI=1S/C12H12F2N2O4S/c1-16(7-11(15)18)21(19,20)12-8(3-2-4-17)5-9(13)6-10(12)14/h5-6,17H,4,7H2,1H3,(H2,15,18). The first-order valence-electron chi connectivity index (χ1n) is 5.53. The maximum absolute atomic E-state index is 13.8. The Morgan fingerprint density at radius 2 is 2.05 bits per heavy atom. The zero-order chi connectivity index (χ0) is 16.2. The summed E-state index contributed by atoms with van der Waals surface area (Å²) in [4.78, 5) is 9.90. The van der Waals surface area contributed by atoms with Crippen LogP contribution < -0.4 is 5.73 Å². The summed E-state index contributed by atoms with van der Waals surface area (Å²) >= 11 is 0. The van der Waals surface area contributed by atoms with Crippen LogP contribution in [0.5, 0.6) is 0 Å². The summed E-state index contributed by atoms with van der Waals surface area (Å²) in [5.74, 6) is 0.952. The lowest BCUT2D eigenvalue weighted by molar-refractivity contribution is -0.118. The minimum Gasteiger partial charge on any atom is -0.384 e. The molecule has 9 heteroatoms. The molecule has 1 aromatic rings. The Morgan fingerprint density at radius 1 is 1.43 bits per heavy atom. The molecule has 1 aromatic carbocycles. The fourth-order valence-electron chi connectivity index (χ4n) is 1.51. The van der Waals surface area contributed by atoms with Crippen molar-refractivity contribution in [3.63, 3.8) is 0 Å². The fraction of sp³-hybridized carbons (Fsp3) is 0.250. The number of nitrogens with two attached hydrogens (primary N) is 1. The molecule has 0 radical (unpaired) electrons. The van der Waals surface area contributed by atoms with Crippen LogP contribution in [-0.4, -0.2) is 43.9 Å². The number of amides is 1. The second-order valence-electron chi connectivity index (χ2n) is 3.95. The third-order valence-electron chi connectivity index (χ3n) is 2.36. The number of carbonyl (C=O) groups is 1. The predicted octanol–water partition coefficient (Wildman–Crippen LogP) is -0.586. The molecule has 0 atom stereocenters. The van der Waals surface area contributed by atoms with Crippen molar-refractivity contribution >= 4 is 15.9 Å². The van der Waals surface area contributed by atoms with E-state index in [1.807, 2.05) is 0 Å². The molecule has 114 valence electrons. The van der Waals surface area contributed by atoms with Crippen LogP contribution in [0, 0.1) is 23.5 Å². The number of primary amides is 1. The van der Waals surface area contributed by atoms with Crippen LogP contribution in [0.2, 0.25) is 0 Å². The van der Waals surface area contributed by atoms with E-state index in [9.17, 15) is 22.0 Å². The molecule has 0 spiro atoms. The van der Waals surface area contributed by atoms with E-state index in [2.05, 4.69) is 11.8 Å². The van der Waals surface area contributed by atoms with Crippen molar-refractivity contribution in [2.75, 3.05) is 20.2 Å². The number of rotatable bonds is 4. The molecule has 6 nitrogen and oxygen atoms in total. The number of likely N-dealkylation sites (N-methyl/N-ethyl adjacent to an activating group) is 1. The second-order valence-corrected chi connectivity index (χ2v) is 5.93. The van der Waals surface area contributed by atoms with Crippen molar-refractivity contribution in [3.05, 3.63) is 29.3 Å². The molecule has 0 unspecified atom stereocenters. The maximum atomic E-state index is 13.8. The topological polar surface area (TPSA) is 101 Å². The van der Waals surface area contributed by atoms with Crippen LogP contribution in [0.1, 0.15) is 5.56 Å². The van der Waals surface area contributed by atoms with Gasteiger partial charge in [-0.05, 0) is 6.07 Å². The SMILES string of the molecule is CN(CC(N)=O)S(=O)(=O)c1c(F)cc(F)cc1C#CCO. The first kappa shape index (κ1) is 17.0.